The van der Waals surface area contributed by atoms with E-state index in [9.17, 15) is 4.79 Å². The van der Waals surface area contributed by atoms with Crippen molar-refractivity contribution in [2.24, 2.45) is 0 Å². The van der Waals surface area contributed by atoms with Gasteiger partial charge in [0.25, 0.3) is 0 Å². The molecule has 27 heavy (non-hydrogen) atoms. The Hall–Kier alpha value is -3.55. The largest absolute Gasteiger partial charge is 0.434 e. The van der Waals surface area contributed by atoms with Crippen LogP contribution in [0.4, 0.5) is 10.6 Å². The summed E-state index contributed by atoms with van der Waals surface area (Å²) in [6, 6.07) is 9.92. The van der Waals surface area contributed by atoms with Crippen molar-refractivity contribution in [1.82, 2.24) is 24.5 Å². The van der Waals surface area contributed by atoms with Crippen LogP contribution in [-0.4, -0.2) is 43.7 Å². The zero-order valence-electron chi connectivity index (χ0n) is 14.6. The first-order valence-electron chi connectivity index (χ1n) is 8.92. The molecule has 4 aromatic rings. The van der Waals surface area contributed by atoms with Crippen molar-refractivity contribution in [3.8, 4) is 11.1 Å². The Morgan fingerprint density at radius 2 is 2.04 bits per heavy atom. The van der Waals surface area contributed by atoms with Gasteiger partial charge in [0.15, 0.2) is 11.5 Å². The van der Waals surface area contributed by atoms with Crippen LogP contribution in [0.3, 0.4) is 0 Å². The number of hydrogen-bond donors (Lipinski definition) is 2. The predicted octanol–water partition coefficient (Wildman–Crippen LogP) is 3.44. The van der Waals surface area contributed by atoms with Crippen LogP contribution in [0.15, 0.2) is 48.9 Å². The molecule has 0 radical (unpaired) electrons. The number of nitrogens with zero attached hydrogens (tertiary/aromatic N) is 4. The van der Waals surface area contributed by atoms with Gasteiger partial charge in [-0.3, -0.25) is 0 Å². The number of fused-ring (bicyclic) bond motifs is 2. The molecule has 3 aromatic heterocycles. The van der Waals surface area contributed by atoms with Crippen molar-refractivity contribution >= 4 is 28.5 Å². The minimum atomic E-state index is -0.381. The molecule has 0 saturated carbocycles. The summed E-state index contributed by atoms with van der Waals surface area (Å²) in [5, 5.41) is 5.51. The fourth-order valence-corrected chi connectivity index (χ4v) is 3.52. The molecule has 8 heteroatoms. The van der Waals surface area contributed by atoms with Crippen molar-refractivity contribution in [2.75, 3.05) is 18.6 Å². The molecule has 5 rings (SSSR count). The average molecular weight is 362 g/mol. The molecule has 136 valence electrons. The van der Waals surface area contributed by atoms with Gasteiger partial charge >= 0.3 is 6.09 Å². The number of carbonyl (C=O) groups excluding carboxylic acids is 1. The highest BCUT2D eigenvalue weighted by molar-refractivity contribution is 5.99. The van der Waals surface area contributed by atoms with E-state index in [-0.39, 0.29) is 6.09 Å². The molecular formula is C19H18N6O2. The van der Waals surface area contributed by atoms with Gasteiger partial charge in [-0.1, -0.05) is 18.2 Å². The summed E-state index contributed by atoms with van der Waals surface area (Å²) in [6.07, 6.45) is 7.06. The molecule has 1 aliphatic rings. The van der Waals surface area contributed by atoms with Crippen LogP contribution in [0.2, 0.25) is 0 Å². The number of carbonyl (C=O) groups is 1. The number of benzene rings is 1. The molecule has 1 amide bonds. The third kappa shape index (κ3) is 2.75. The number of para-hydroxylation sites is 1. The summed E-state index contributed by atoms with van der Waals surface area (Å²) in [5.41, 5.74) is 6.38. The molecule has 1 fully saturated rings. The van der Waals surface area contributed by atoms with Gasteiger partial charge in [-0.25, -0.2) is 14.3 Å². The number of aromatic amines is 1. The Morgan fingerprint density at radius 1 is 1.19 bits per heavy atom. The zero-order valence-corrected chi connectivity index (χ0v) is 14.6. The van der Waals surface area contributed by atoms with E-state index in [0.29, 0.717) is 5.82 Å². The third-order valence-corrected chi connectivity index (χ3v) is 4.85. The second-order valence-corrected chi connectivity index (χ2v) is 6.55. The van der Waals surface area contributed by atoms with E-state index in [0.717, 1.165) is 53.6 Å². The van der Waals surface area contributed by atoms with Gasteiger partial charge in [-0.2, -0.15) is 5.48 Å². The number of aromatic nitrogens is 4. The molecule has 0 atom stereocenters. The standard InChI is InChI=1S/C19H18N6O2/c26-19(24-8-3-4-9-24)27-23-17-11-14(18-20-7-10-25(18)22-17)15-12-21-16-6-2-1-5-13(15)16/h1-2,5-7,10-12,21H,3-4,8-9H2,(H,22,23). The van der Waals surface area contributed by atoms with E-state index in [4.69, 9.17) is 4.84 Å². The lowest BCUT2D eigenvalue weighted by atomic mass is 10.1. The summed E-state index contributed by atoms with van der Waals surface area (Å²) in [4.78, 5) is 26.7. The number of amides is 1. The summed E-state index contributed by atoms with van der Waals surface area (Å²) >= 11 is 0. The van der Waals surface area contributed by atoms with Crippen molar-refractivity contribution in [1.29, 1.82) is 0 Å². The Balaban J connectivity index is 1.51. The molecular weight excluding hydrogens is 344 g/mol. The van der Waals surface area contributed by atoms with Crippen LogP contribution in [0.1, 0.15) is 12.8 Å². The maximum absolute atomic E-state index is 12.1. The quantitative estimate of drug-likeness (QED) is 0.545. The fraction of sp³-hybridized carbons (Fsp3) is 0.211. The second-order valence-electron chi connectivity index (χ2n) is 6.55. The molecule has 8 nitrogen and oxygen atoms in total. The normalized spacial score (nSPS) is 14.1. The molecule has 0 aliphatic carbocycles. The summed E-state index contributed by atoms with van der Waals surface area (Å²) in [7, 11) is 0. The van der Waals surface area contributed by atoms with Crippen molar-refractivity contribution < 1.29 is 9.63 Å². The van der Waals surface area contributed by atoms with Crippen molar-refractivity contribution in [3.05, 3.63) is 48.9 Å². The van der Waals surface area contributed by atoms with E-state index in [2.05, 4.69) is 26.6 Å². The van der Waals surface area contributed by atoms with Gasteiger partial charge in [0.1, 0.15) is 0 Å². The van der Waals surface area contributed by atoms with Gasteiger partial charge in [-0.15, -0.1) is 5.10 Å². The highest BCUT2D eigenvalue weighted by Gasteiger charge is 2.20. The zero-order chi connectivity index (χ0) is 18.2. The van der Waals surface area contributed by atoms with Crippen LogP contribution in [0.5, 0.6) is 0 Å². The van der Waals surface area contributed by atoms with Gasteiger partial charge in [0.05, 0.1) is 0 Å². The Kier molecular flexibility index (Phi) is 3.67. The molecule has 0 bridgehead atoms. The van der Waals surface area contributed by atoms with E-state index in [1.165, 1.54) is 0 Å². The molecule has 1 aliphatic heterocycles. The van der Waals surface area contributed by atoms with Crippen LogP contribution in [-0.2, 0) is 4.84 Å². The Morgan fingerprint density at radius 3 is 2.93 bits per heavy atom. The van der Waals surface area contributed by atoms with E-state index in [1.807, 2.05) is 30.5 Å². The number of anilines is 1. The number of hydrogen-bond acceptors (Lipinski definition) is 5. The van der Waals surface area contributed by atoms with Gasteiger partial charge in [0, 0.05) is 53.7 Å². The first-order valence-corrected chi connectivity index (χ1v) is 8.92. The summed E-state index contributed by atoms with van der Waals surface area (Å²) in [6.45, 7) is 1.46. The van der Waals surface area contributed by atoms with Crippen molar-refractivity contribution in [3.63, 3.8) is 0 Å². The molecule has 1 aromatic carbocycles. The first kappa shape index (κ1) is 15.7. The number of imidazole rings is 1. The topological polar surface area (TPSA) is 87.5 Å². The van der Waals surface area contributed by atoms with Gasteiger partial charge < -0.3 is 14.7 Å². The fourth-order valence-electron chi connectivity index (χ4n) is 3.52. The summed E-state index contributed by atoms with van der Waals surface area (Å²) < 4.78 is 1.67. The third-order valence-electron chi connectivity index (χ3n) is 4.85. The molecule has 0 unspecified atom stereocenters. The Bertz CT molecular complexity index is 1130. The maximum atomic E-state index is 12.1. The van der Waals surface area contributed by atoms with Crippen LogP contribution in [0.25, 0.3) is 27.7 Å². The minimum absolute atomic E-state index is 0.381. The van der Waals surface area contributed by atoms with Crippen molar-refractivity contribution in [2.45, 2.75) is 12.8 Å². The second kappa shape index (κ2) is 6.31. The lowest BCUT2D eigenvalue weighted by Crippen LogP contribution is -2.30. The van der Waals surface area contributed by atoms with E-state index in [1.54, 1.807) is 21.8 Å². The number of rotatable bonds is 3. The highest BCUT2D eigenvalue weighted by atomic mass is 16.7. The van der Waals surface area contributed by atoms with E-state index >= 15 is 0 Å². The number of likely N-dealkylation sites (tertiary alicyclic amines) is 1. The monoisotopic (exact) mass is 362 g/mol. The number of H-pyrrole nitrogens is 1. The minimum Gasteiger partial charge on any atom is -0.361 e. The lowest BCUT2D eigenvalue weighted by Gasteiger charge is -2.15. The van der Waals surface area contributed by atoms with Crippen LogP contribution < -0.4 is 5.48 Å². The smallest absolute Gasteiger partial charge is 0.361 e. The van der Waals surface area contributed by atoms with E-state index < -0.39 is 0 Å². The molecule has 1 saturated heterocycles. The average Bonchev–Trinajstić information content (AvgIpc) is 3.45. The lowest BCUT2D eigenvalue weighted by molar-refractivity contribution is 0.131. The number of nitrogens with one attached hydrogen (secondary N) is 2. The van der Waals surface area contributed by atoms with Gasteiger partial charge in [-0.05, 0) is 25.0 Å². The maximum Gasteiger partial charge on any atom is 0.434 e. The SMILES string of the molecule is O=C(ONc1cc(-c2c[nH]c3ccccc23)c2nccn2n1)N1CCCC1. The van der Waals surface area contributed by atoms with Crippen LogP contribution >= 0.6 is 0 Å². The summed E-state index contributed by atoms with van der Waals surface area (Å²) in [5.74, 6) is 0.438. The molecule has 2 N–H and O–H groups in total. The van der Waals surface area contributed by atoms with Crippen LogP contribution in [0, 0.1) is 0 Å². The van der Waals surface area contributed by atoms with Gasteiger partial charge in [0.2, 0.25) is 0 Å². The predicted molar refractivity (Wildman–Crippen MR) is 101 cm³/mol. The molecule has 4 heterocycles. The molecule has 0 spiro atoms. The Labute approximate surface area is 154 Å². The first-order chi connectivity index (χ1) is 13.3. The highest BCUT2D eigenvalue weighted by Crippen LogP contribution is 2.32.